The molecule has 27 heavy (non-hydrogen) atoms. The summed E-state index contributed by atoms with van der Waals surface area (Å²) in [4.78, 5) is 16.2. The van der Waals surface area contributed by atoms with E-state index in [1.54, 1.807) is 6.92 Å². The Hall–Kier alpha value is -3.40. The molecule has 0 saturated carbocycles. The molecule has 1 heterocycles. The Labute approximate surface area is 157 Å². The molecule has 1 aromatic heterocycles. The third-order valence-electron chi connectivity index (χ3n) is 4.35. The Morgan fingerprint density at radius 1 is 0.926 bits per heavy atom. The third-order valence-corrected chi connectivity index (χ3v) is 4.35. The summed E-state index contributed by atoms with van der Waals surface area (Å²) in [5.41, 5.74) is 5.60. The summed E-state index contributed by atoms with van der Waals surface area (Å²) >= 11 is 0. The van der Waals surface area contributed by atoms with Crippen LogP contribution in [-0.4, -0.2) is 17.6 Å². The molecule has 3 aromatic carbocycles. The summed E-state index contributed by atoms with van der Waals surface area (Å²) < 4.78 is 10.9. The Balaban J connectivity index is 1.59. The number of oxazole rings is 1. The van der Waals surface area contributed by atoms with E-state index in [4.69, 9.17) is 9.15 Å². The third kappa shape index (κ3) is 3.75. The maximum absolute atomic E-state index is 11.6. The van der Waals surface area contributed by atoms with Crippen LogP contribution >= 0.6 is 0 Å². The van der Waals surface area contributed by atoms with E-state index in [2.05, 4.69) is 17.1 Å². The van der Waals surface area contributed by atoms with Crippen molar-refractivity contribution in [2.45, 2.75) is 13.3 Å². The first-order valence-corrected chi connectivity index (χ1v) is 8.94. The van der Waals surface area contributed by atoms with Crippen LogP contribution in [0.1, 0.15) is 12.5 Å². The van der Waals surface area contributed by atoms with Gasteiger partial charge in [-0.3, -0.25) is 4.79 Å². The molecule has 0 aliphatic heterocycles. The molecule has 0 spiro atoms. The van der Waals surface area contributed by atoms with Gasteiger partial charge in [0.2, 0.25) is 5.89 Å². The van der Waals surface area contributed by atoms with Crippen LogP contribution in [0, 0.1) is 0 Å². The van der Waals surface area contributed by atoms with Gasteiger partial charge in [-0.1, -0.05) is 48.5 Å². The summed E-state index contributed by atoms with van der Waals surface area (Å²) in [7, 11) is 0. The highest BCUT2D eigenvalue weighted by Crippen LogP contribution is 2.28. The van der Waals surface area contributed by atoms with Gasteiger partial charge >= 0.3 is 5.97 Å². The highest BCUT2D eigenvalue weighted by atomic mass is 16.5. The van der Waals surface area contributed by atoms with Crippen LogP contribution in [0.25, 0.3) is 33.7 Å². The largest absolute Gasteiger partial charge is 0.466 e. The number of ether oxygens (including phenoxy) is 1. The van der Waals surface area contributed by atoms with E-state index >= 15 is 0 Å². The zero-order valence-electron chi connectivity index (χ0n) is 15.0. The Morgan fingerprint density at radius 3 is 2.41 bits per heavy atom. The lowest BCUT2D eigenvalue weighted by atomic mass is 10.1. The normalized spacial score (nSPS) is 10.9. The topological polar surface area (TPSA) is 52.3 Å². The first kappa shape index (κ1) is 17.0. The zero-order chi connectivity index (χ0) is 18.6. The molecule has 4 nitrogen and oxygen atoms in total. The van der Waals surface area contributed by atoms with Crippen LogP contribution < -0.4 is 0 Å². The molecule has 0 bridgehead atoms. The van der Waals surface area contributed by atoms with Crippen molar-refractivity contribution >= 4 is 17.1 Å². The number of rotatable bonds is 5. The molecule has 0 aliphatic carbocycles. The molecule has 4 rings (SSSR count). The first-order chi connectivity index (χ1) is 13.2. The number of carbonyl (C=O) groups is 1. The molecule has 0 amide bonds. The number of fused-ring (bicyclic) bond motifs is 1. The summed E-state index contributed by atoms with van der Waals surface area (Å²) in [5.74, 6) is 0.346. The van der Waals surface area contributed by atoms with Gasteiger partial charge in [0.25, 0.3) is 0 Å². The van der Waals surface area contributed by atoms with Crippen molar-refractivity contribution in [3.63, 3.8) is 0 Å². The number of nitrogens with zero attached hydrogens (tertiary/aromatic N) is 1. The predicted octanol–water partition coefficient (Wildman–Crippen LogP) is 5.27. The number of carbonyl (C=O) groups excluding carboxylic acids is 1. The highest BCUT2D eigenvalue weighted by molar-refractivity contribution is 5.82. The van der Waals surface area contributed by atoms with Gasteiger partial charge in [-0.2, -0.15) is 0 Å². The van der Waals surface area contributed by atoms with Gasteiger partial charge in [0.1, 0.15) is 5.52 Å². The van der Waals surface area contributed by atoms with Gasteiger partial charge in [0.05, 0.1) is 13.0 Å². The van der Waals surface area contributed by atoms with Crippen LogP contribution in [0.5, 0.6) is 0 Å². The van der Waals surface area contributed by atoms with E-state index in [0.29, 0.717) is 12.5 Å². The summed E-state index contributed by atoms with van der Waals surface area (Å²) in [6, 6.07) is 23.8. The van der Waals surface area contributed by atoms with Crippen molar-refractivity contribution in [1.82, 2.24) is 4.98 Å². The Morgan fingerprint density at radius 2 is 1.67 bits per heavy atom. The lowest BCUT2D eigenvalue weighted by molar-refractivity contribution is -0.142. The van der Waals surface area contributed by atoms with Crippen LogP contribution in [0.4, 0.5) is 0 Å². The van der Waals surface area contributed by atoms with Crippen molar-refractivity contribution in [3.8, 4) is 22.6 Å². The van der Waals surface area contributed by atoms with Gasteiger partial charge in [-0.05, 0) is 47.9 Å². The van der Waals surface area contributed by atoms with Crippen LogP contribution in [0.3, 0.4) is 0 Å². The molecule has 0 unspecified atom stereocenters. The summed E-state index contributed by atoms with van der Waals surface area (Å²) in [6.45, 7) is 2.20. The van der Waals surface area contributed by atoms with Gasteiger partial charge < -0.3 is 9.15 Å². The van der Waals surface area contributed by atoms with Crippen molar-refractivity contribution in [3.05, 3.63) is 78.4 Å². The van der Waals surface area contributed by atoms with Gasteiger partial charge in [-0.15, -0.1) is 0 Å². The minimum atomic E-state index is -0.222. The standard InChI is InChI=1S/C23H19NO3/c1-2-26-22(25)14-16-8-10-18(11-9-16)23-24-20-15-19(12-13-21(20)27-23)17-6-4-3-5-7-17/h3-13,15H,2,14H2,1H3. The first-order valence-electron chi connectivity index (χ1n) is 8.94. The number of aromatic nitrogens is 1. The van der Waals surface area contributed by atoms with E-state index in [-0.39, 0.29) is 12.4 Å². The molecule has 4 heteroatoms. The van der Waals surface area contributed by atoms with Gasteiger partial charge in [0.15, 0.2) is 5.58 Å². The fourth-order valence-corrected chi connectivity index (χ4v) is 3.00. The second-order valence-electron chi connectivity index (χ2n) is 6.25. The quantitative estimate of drug-likeness (QED) is 0.457. The molecule has 0 radical (unpaired) electrons. The average molecular weight is 357 g/mol. The van der Waals surface area contributed by atoms with Crippen molar-refractivity contribution in [2.24, 2.45) is 0 Å². The Kier molecular flexibility index (Phi) is 4.71. The lowest BCUT2D eigenvalue weighted by Gasteiger charge is -2.02. The van der Waals surface area contributed by atoms with E-state index < -0.39 is 0 Å². The predicted molar refractivity (Wildman–Crippen MR) is 105 cm³/mol. The van der Waals surface area contributed by atoms with E-state index in [9.17, 15) is 4.79 Å². The van der Waals surface area contributed by atoms with Crippen LogP contribution in [0.2, 0.25) is 0 Å². The van der Waals surface area contributed by atoms with Crippen LogP contribution in [0.15, 0.2) is 77.2 Å². The summed E-state index contributed by atoms with van der Waals surface area (Å²) in [6.07, 6.45) is 0.266. The van der Waals surface area contributed by atoms with E-state index in [0.717, 1.165) is 33.4 Å². The smallest absolute Gasteiger partial charge is 0.310 e. The van der Waals surface area contributed by atoms with Crippen LogP contribution in [-0.2, 0) is 16.0 Å². The molecular formula is C23H19NO3. The maximum atomic E-state index is 11.6. The molecule has 0 saturated heterocycles. The van der Waals surface area contributed by atoms with Gasteiger partial charge in [0, 0.05) is 5.56 Å². The second kappa shape index (κ2) is 7.46. The average Bonchev–Trinajstić information content (AvgIpc) is 3.13. The molecule has 0 atom stereocenters. The minimum Gasteiger partial charge on any atom is -0.466 e. The van der Waals surface area contributed by atoms with E-state index in [1.165, 1.54) is 0 Å². The maximum Gasteiger partial charge on any atom is 0.310 e. The van der Waals surface area contributed by atoms with Crippen molar-refractivity contribution in [2.75, 3.05) is 6.61 Å². The monoisotopic (exact) mass is 357 g/mol. The second-order valence-corrected chi connectivity index (χ2v) is 6.25. The number of esters is 1. The summed E-state index contributed by atoms with van der Waals surface area (Å²) in [5, 5.41) is 0. The number of benzene rings is 3. The molecule has 0 N–H and O–H groups in total. The fraction of sp³-hybridized carbons (Fsp3) is 0.130. The van der Waals surface area contributed by atoms with Crippen molar-refractivity contribution < 1.29 is 13.9 Å². The highest BCUT2D eigenvalue weighted by Gasteiger charge is 2.10. The zero-order valence-corrected chi connectivity index (χ0v) is 15.0. The van der Waals surface area contributed by atoms with E-state index in [1.807, 2.05) is 60.7 Å². The Bertz CT molecular complexity index is 1070. The molecule has 134 valence electrons. The van der Waals surface area contributed by atoms with Gasteiger partial charge in [-0.25, -0.2) is 4.98 Å². The molecule has 0 fully saturated rings. The lowest BCUT2D eigenvalue weighted by Crippen LogP contribution is -2.07. The molecule has 4 aromatic rings. The minimum absolute atomic E-state index is 0.222. The number of hydrogen-bond acceptors (Lipinski definition) is 4. The fourth-order valence-electron chi connectivity index (χ4n) is 3.00. The molecule has 0 aliphatic rings. The van der Waals surface area contributed by atoms with Crippen molar-refractivity contribution in [1.29, 1.82) is 0 Å². The SMILES string of the molecule is CCOC(=O)Cc1ccc(-c2nc3cc(-c4ccccc4)ccc3o2)cc1. The molecular weight excluding hydrogens is 338 g/mol. The number of hydrogen-bond donors (Lipinski definition) is 0.